The highest BCUT2D eigenvalue weighted by atomic mass is 35.5. The molecule has 2 nitrogen and oxygen atoms in total. The van der Waals surface area contributed by atoms with E-state index in [0.717, 1.165) is 41.7 Å². The van der Waals surface area contributed by atoms with Crippen LogP contribution in [0.4, 0.5) is 0 Å². The summed E-state index contributed by atoms with van der Waals surface area (Å²) in [6.07, 6.45) is 4.18. The Balaban J connectivity index is 1.97. The van der Waals surface area contributed by atoms with Crippen LogP contribution in [0.5, 0.6) is 0 Å². The zero-order valence-electron chi connectivity index (χ0n) is 11.2. The van der Waals surface area contributed by atoms with Gasteiger partial charge in [0.25, 0.3) is 0 Å². The fourth-order valence-corrected chi connectivity index (χ4v) is 3.48. The molecule has 1 atom stereocenters. The van der Waals surface area contributed by atoms with Gasteiger partial charge in [0.15, 0.2) is 0 Å². The smallest absolute Gasteiger partial charge is 0.0876 e. The maximum absolute atomic E-state index is 6.19. The summed E-state index contributed by atoms with van der Waals surface area (Å²) in [5.74, 6) is 0.979. The summed E-state index contributed by atoms with van der Waals surface area (Å²) in [6.45, 7) is 3.95. The summed E-state index contributed by atoms with van der Waals surface area (Å²) in [5, 5.41) is 4.36. The van der Waals surface area contributed by atoms with Gasteiger partial charge in [-0.2, -0.15) is 0 Å². The lowest BCUT2D eigenvalue weighted by atomic mass is 10.0. The molecule has 0 bridgehead atoms. The molecule has 0 spiro atoms. The highest BCUT2D eigenvalue weighted by Crippen LogP contribution is 2.29. The Morgan fingerprint density at radius 1 is 1.42 bits per heavy atom. The number of halogens is 1. The van der Waals surface area contributed by atoms with Crippen LogP contribution in [0.25, 0.3) is 0 Å². The summed E-state index contributed by atoms with van der Waals surface area (Å²) in [5.41, 5.74) is 1.37. The Labute approximate surface area is 124 Å². The number of nitrogens with one attached hydrogen (secondary N) is 1. The molecular formula is C15H20ClNOS. The molecule has 1 aliphatic rings. The van der Waals surface area contributed by atoms with Crippen LogP contribution in [-0.4, -0.2) is 24.9 Å². The number of rotatable bonds is 6. The van der Waals surface area contributed by atoms with Crippen molar-refractivity contribution in [1.29, 1.82) is 0 Å². The SMILES string of the molecule is CCNC(CSc1ccccc1Cl)C1=COCCC1. The average molecular weight is 298 g/mol. The van der Waals surface area contributed by atoms with Crippen molar-refractivity contribution in [3.63, 3.8) is 0 Å². The van der Waals surface area contributed by atoms with Gasteiger partial charge in [-0.15, -0.1) is 11.8 Å². The predicted octanol–water partition coefficient (Wildman–Crippen LogP) is 4.10. The van der Waals surface area contributed by atoms with Crippen LogP contribution in [0.2, 0.25) is 5.02 Å². The van der Waals surface area contributed by atoms with E-state index < -0.39 is 0 Å². The van der Waals surface area contributed by atoms with Gasteiger partial charge in [-0.1, -0.05) is 30.7 Å². The molecule has 1 aliphatic heterocycles. The lowest BCUT2D eigenvalue weighted by Crippen LogP contribution is -2.34. The van der Waals surface area contributed by atoms with Crippen molar-refractivity contribution in [3.05, 3.63) is 41.1 Å². The van der Waals surface area contributed by atoms with Gasteiger partial charge < -0.3 is 10.1 Å². The number of hydrogen-bond acceptors (Lipinski definition) is 3. The van der Waals surface area contributed by atoms with E-state index in [4.69, 9.17) is 16.3 Å². The summed E-state index contributed by atoms with van der Waals surface area (Å²) >= 11 is 7.99. The molecule has 2 rings (SSSR count). The molecule has 1 heterocycles. The molecule has 1 N–H and O–H groups in total. The first-order valence-electron chi connectivity index (χ1n) is 6.72. The molecule has 0 saturated heterocycles. The van der Waals surface area contributed by atoms with E-state index >= 15 is 0 Å². The Morgan fingerprint density at radius 3 is 2.95 bits per heavy atom. The van der Waals surface area contributed by atoms with Crippen molar-refractivity contribution < 1.29 is 4.74 Å². The van der Waals surface area contributed by atoms with Gasteiger partial charge in [0, 0.05) is 16.7 Å². The Kier molecular flexibility index (Phi) is 6.08. The second kappa shape index (κ2) is 7.83. The summed E-state index contributed by atoms with van der Waals surface area (Å²) < 4.78 is 5.45. The second-order valence-electron chi connectivity index (χ2n) is 4.52. The van der Waals surface area contributed by atoms with Gasteiger partial charge in [0.05, 0.1) is 17.9 Å². The van der Waals surface area contributed by atoms with E-state index in [1.54, 1.807) is 11.8 Å². The minimum absolute atomic E-state index is 0.367. The number of hydrogen-bond donors (Lipinski definition) is 1. The fraction of sp³-hybridized carbons (Fsp3) is 0.467. The molecule has 19 heavy (non-hydrogen) atoms. The van der Waals surface area contributed by atoms with E-state index in [1.165, 1.54) is 5.57 Å². The average Bonchev–Trinajstić information content (AvgIpc) is 2.46. The molecule has 104 valence electrons. The predicted molar refractivity (Wildman–Crippen MR) is 82.9 cm³/mol. The first-order valence-corrected chi connectivity index (χ1v) is 8.09. The van der Waals surface area contributed by atoms with Gasteiger partial charge in [0.2, 0.25) is 0 Å². The third-order valence-electron chi connectivity index (χ3n) is 3.10. The third-order valence-corrected chi connectivity index (χ3v) is 4.71. The molecule has 0 fully saturated rings. The zero-order chi connectivity index (χ0) is 13.5. The van der Waals surface area contributed by atoms with E-state index in [0.29, 0.717) is 6.04 Å². The highest BCUT2D eigenvalue weighted by Gasteiger charge is 2.17. The van der Waals surface area contributed by atoms with Crippen LogP contribution in [0.15, 0.2) is 41.0 Å². The molecule has 1 aromatic rings. The molecule has 0 amide bonds. The Hall–Kier alpha value is -0.640. The van der Waals surface area contributed by atoms with Crippen LogP contribution in [0, 0.1) is 0 Å². The minimum atomic E-state index is 0.367. The lowest BCUT2D eigenvalue weighted by Gasteiger charge is -2.23. The maximum atomic E-state index is 6.19. The zero-order valence-corrected chi connectivity index (χ0v) is 12.8. The molecule has 0 radical (unpaired) electrons. The molecule has 1 unspecified atom stereocenters. The Bertz CT molecular complexity index is 436. The van der Waals surface area contributed by atoms with Crippen LogP contribution < -0.4 is 5.32 Å². The van der Waals surface area contributed by atoms with Gasteiger partial charge in [-0.3, -0.25) is 0 Å². The lowest BCUT2D eigenvalue weighted by molar-refractivity contribution is 0.220. The van der Waals surface area contributed by atoms with Crippen LogP contribution in [-0.2, 0) is 4.74 Å². The number of likely N-dealkylation sites (N-methyl/N-ethyl adjacent to an activating group) is 1. The van der Waals surface area contributed by atoms with Crippen molar-refractivity contribution in [2.24, 2.45) is 0 Å². The third kappa shape index (κ3) is 4.44. The van der Waals surface area contributed by atoms with Crippen LogP contribution in [0.3, 0.4) is 0 Å². The van der Waals surface area contributed by atoms with Crippen LogP contribution in [0.1, 0.15) is 19.8 Å². The van der Waals surface area contributed by atoms with E-state index in [9.17, 15) is 0 Å². The molecule has 0 aliphatic carbocycles. The Morgan fingerprint density at radius 2 is 2.26 bits per heavy atom. The molecule has 0 aromatic heterocycles. The second-order valence-corrected chi connectivity index (χ2v) is 5.99. The number of thioether (sulfide) groups is 1. The maximum Gasteiger partial charge on any atom is 0.0876 e. The largest absolute Gasteiger partial charge is 0.501 e. The summed E-state index contributed by atoms with van der Waals surface area (Å²) in [6, 6.07) is 8.37. The molecule has 1 aromatic carbocycles. The summed E-state index contributed by atoms with van der Waals surface area (Å²) in [7, 11) is 0. The fourth-order valence-electron chi connectivity index (χ4n) is 2.12. The monoisotopic (exact) mass is 297 g/mol. The first kappa shape index (κ1) is 14.8. The molecule has 4 heteroatoms. The number of ether oxygens (including phenoxy) is 1. The van der Waals surface area contributed by atoms with Gasteiger partial charge >= 0.3 is 0 Å². The van der Waals surface area contributed by atoms with Crippen molar-refractivity contribution in [2.75, 3.05) is 18.9 Å². The van der Waals surface area contributed by atoms with Gasteiger partial charge in [-0.05, 0) is 37.1 Å². The molecule has 0 saturated carbocycles. The van der Waals surface area contributed by atoms with Crippen LogP contribution >= 0.6 is 23.4 Å². The van der Waals surface area contributed by atoms with Crippen molar-refractivity contribution in [2.45, 2.75) is 30.7 Å². The normalized spacial score (nSPS) is 16.6. The van der Waals surface area contributed by atoms with E-state index in [2.05, 4.69) is 18.3 Å². The molecular weight excluding hydrogens is 278 g/mol. The first-order chi connectivity index (χ1) is 9.31. The quantitative estimate of drug-likeness (QED) is 0.799. The van der Waals surface area contributed by atoms with E-state index in [1.807, 2.05) is 24.5 Å². The van der Waals surface area contributed by atoms with Crippen molar-refractivity contribution >= 4 is 23.4 Å². The minimum Gasteiger partial charge on any atom is -0.501 e. The van der Waals surface area contributed by atoms with Gasteiger partial charge in [0.1, 0.15) is 0 Å². The topological polar surface area (TPSA) is 21.3 Å². The van der Waals surface area contributed by atoms with Crippen molar-refractivity contribution in [3.8, 4) is 0 Å². The number of benzene rings is 1. The van der Waals surface area contributed by atoms with Gasteiger partial charge in [-0.25, -0.2) is 0 Å². The summed E-state index contributed by atoms with van der Waals surface area (Å²) in [4.78, 5) is 1.14. The van der Waals surface area contributed by atoms with E-state index in [-0.39, 0.29) is 0 Å². The standard InChI is InChI=1S/C15H20ClNOS/c1-2-17-14(12-6-5-9-18-10-12)11-19-15-8-4-3-7-13(15)16/h3-4,7-8,10,14,17H,2,5-6,9,11H2,1H3. The van der Waals surface area contributed by atoms with Crippen molar-refractivity contribution in [1.82, 2.24) is 5.32 Å². The highest BCUT2D eigenvalue weighted by molar-refractivity contribution is 7.99.